The number of amides is 1. The van der Waals surface area contributed by atoms with Crippen molar-refractivity contribution in [2.75, 3.05) is 6.61 Å². The summed E-state index contributed by atoms with van der Waals surface area (Å²) in [6.07, 6.45) is 1.66. The molecule has 3 aromatic rings. The number of halogens is 1. The third-order valence-electron chi connectivity index (χ3n) is 4.40. The number of ether oxygens (including phenoxy) is 1. The van der Waals surface area contributed by atoms with Crippen LogP contribution in [0.1, 0.15) is 22.5 Å². The van der Waals surface area contributed by atoms with Crippen LogP contribution in [0.2, 0.25) is 0 Å². The first kappa shape index (κ1) is 19.9. The van der Waals surface area contributed by atoms with E-state index in [9.17, 15) is 4.79 Å². The van der Waals surface area contributed by atoms with Crippen LogP contribution >= 0.6 is 15.9 Å². The van der Waals surface area contributed by atoms with Gasteiger partial charge in [0.1, 0.15) is 5.75 Å². The highest BCUT2D eigenvalue weighted by molar-refractivity contribution is 9.10. The Labute approximate surface area is 173 Å². The van der Waals surface area contributed by atoms with E-state index < -0.39 is 0 Å². The molecule has 0 fully saturated rings. The lowest BCUT2D eigenvalue weighted by Gasteiger charge is -2.09. The lowest BCUT2D eigenvalue weighted by atomic mass is 10.2. The van der Waals surface area contributed by atoms with E-state index >= 15 is 0 Å². The summed E-state index contributed by atoms with van der Waals surface area (Å²) in [6.45, 7) is 5.92. The number of carbonyl (C=O) groups excluding carboxylic acids is 1. The first-order chi connectivity index (χ1) is 13.5. The fourth-order valence-electron chi connectivity index (χ4n) is 2.97. The molecule has 1 N–H and O–H groups in total. The van der Waals surface area contributed by atoms with E-state index in [4.69, 9.17) is 4.74 Å². The quantitative estimate of drug-likeness (QED) is 0.447. The summed E-state index contributed by atoms with van der Waals surface area (Å²) in [5.41, 5.74) is 7.66. The first-order valence-corrected chi connectivity index (χ1v) is 9.70. The first-order valence-electron chi connectivity index (χ1n) is 8.91. The fourth-order valence-corrected chi connectivity index (χ4v) is 3.24. The van der Waals surface area contributed by atoms with E-state index in [0.717, 1.165) is 32.7 Å². The predicted octanol–water partition coefficient (Wildman–Crippen LogP) is 4.69. The number of nitrogens with one attached hydrogen (secondary N) is 1. The van der Waals surface area contributed by atoms with Gasteiger partial charge in [-0.1, -0.05) is 34.1 Å². The van der Waals surface area contributed by atoms with Gasteiger partial charge in [-0.25, -0.2) is 5.43 Å². The van der Waals surface area contributed by atoms with Crippen LogP contribution in [0.4, 0.5) is 0 Å². The Balaban J connectivity index is 1.63. The van der Waals surface area contributed by atoms with Gasteiger partial charge in [0.2, 0.25) is 0 Å². The molecule has 1 heterocycles. The number of aryl methyl sites for hydroxylation is 2. The van der Waals surface area contributed by atoms with Crippen molar-refractivity contribution >= 4 is 28.1 Å². The molecule has 0 unspecified atom stereocenters. The number of nitrogens with zero attached hydrogens (tertiary/aromatic N) is 2. The van der Waals surface area contributed by atoms with E-state index in [2.05, 4.69) is 43.2 Å². The van der Waals surface area contributed by atoms with Gasteiger partial charge in [0.15, 0.2) is 6.61 Å². The molecule has 0 bridgehead atoms. The molecule has 0 spiro atoms. The maximum Gasteiger partial charge on any atom is 0.277 e. The molecule has 2 aromatic carbocycles. The topological polar surface area (TPSA) is 55.6 Å². The minimum Gasteiger partial charge on any atom is -0.483 e. The van der Waals surface area contributed by atoms with Crippen LogP contribution < -0.4 is 10.2 Å². The van der Waals surface area contributed by atoms with Gasteiger partial charge in [-0.15, -0.1) is 0 Å². The van der Waals surface area contributed by atoms with E-state index in [-0.39, 0.29) is 12.5 Å². The van der Waals surface area contributed by atoms with E-state index in [1.54, 1.807) is 6.21 Å². The Bertz CT molecular complexity index is 1010. The Morgan fingerprint density at radius 2 is 1.86 bits per heavy atom. The average Bonchev–Trinajstić information content (AvgIpc) is 2.95. The Hall–Kier alpha value is -2.86. The number of para-hydroxylation sites is 1. The van der Waals surface area contributed by atoms with Crippen LogP contribution in [0.5, 0.6) is 5.75 Å². The zero-order valence-corrected chi connectivity index (χ0v) is 17.7. The van der Waals surface area contributed by atoms with Gasteiger partial charge < -0.3 is 9.30 Å². The highest BCUT2D eigenvalue weighted by Gasteiger charge is 2.09. The third kappa shape index (κ3) is 4.70. The van der Waals surface area contributed by atoms with Crippen molar-refractivity contribution < 1.29 is 9.53 Å². The molecular weight excluding hydrogens is 418 g/mol. The van der Waals surface area contributed by atoms with Gasteiger partial charge >= 0.3 is 0 Å². The maximum atomic E-state index is 12.0. The number of aromatic nitrogens is 1. The molecule has 0 radical (unpaired) electrons. The number of hydrogen-bond acceptors (Lipinski definition) is 3. The van der Waals surface area contributed by atoms with Gasteiger partial charge in [0, 0.05) is 27.1 Å². The Kier molecular flexibility index (Phi) is 6.31. The molecule has 28 heavy (non-hydrogen) atoms. The van der Waals surface area contributed by atoms with Gasteiger partial charge in [0.05, 0.1) is 6.21 Å². The molecule has 0 saturated heterocycles. The summed E-state index contributed by atoms with van der Waals surface area (Å²) in [5, 5.41) is 4.07. The number of hydrogen-bond donors (Lipinski definition) is 1. The molecule has 0 aliphatic rings. The second-order valence-corrected chi connectivity index (χ2v) is 7.40. The maximum absolute atomic E-state index is 12.0. The van der Waals surface area contributed by atoms with Gasteiger partial charge in [-0.05, 0) is 62.7 Å². The number of benzene rings is 2. The molecule has 0 aliphatic heterocycles. The molecule has 0 saturated carbocycles. The Morgan fingerprint density at radius 3 is 2.57 bits per heavy atom. The SMILES string of the molecule is Cc1ccccc1OCC(=O)N/N=C/c1cc(C)n(-c2ccc(Br)cc2)c1C. The van der Waals surface area contributed by atoms with E-state index in [1.165, 1.54) is 0 Å². The molecule has 5 nitrogen and oxygen atoms in total. The third-order valence-corrected chi connectivity index (χ3v) is 4.93. The van der Waals surface area contributed by atoms with Crippen molar-refractivity contribution in [1.82, 2.24) is 9.99 Å². The summed E-state index contributed by atoms with van der Waals surface area (Å²) in [5.74, 6) is 0.390. The van der Waals surface area contributed by atoms with Crippen LogP contribution in [0.15, 0.2) is 64.2 Å². The van der Waals surface area contributed by atoms with Crippen LogP contribution in [0.3, 0.4) is 0 Å². The van der Waals surface area contributed by atoms with Crippen molar-refractivity contribution in [3.05, 3.63) is 81.6 Å². The summed E-state index contributed by atoms with van der Waals surface area (Å²) in [7, 11) is 0. The van der Waals surface area contributed by atoms with Crippen molar-refractivity contribution in [3.8, 4) is 11.4 Å². The second kappa shape index (κ2) is 8.89. The van der Waals surface area contributed by atoms with Crippen molar-refractivity contribution in [3.63, 3.8) is 0 Å². The summed E-state index contributed by atoms with van der Waals surface area (Å²) < 4.78 is 8.71. The number of rotatable bonds is 6. The predicted molar refractivity (Wildman–Crippen MR) is 115 cm³/mol. The fraction of sp³-hybridized carbons (Fsp3) is 0.182. The smallest absolute Gasteiger partial charge is 0.277 e. The van der Waals surface area contributed by atoms with Crippen LogP contribution in [0, 0.1) is 20.8 Å². The van der Waals surface area contributed by atoms with Gasteiger partial charge in [-0.3, -0.25) is 4.79 Å². The molecule has 3 rings (SSSR count). The lowest BCUT2D eigenvalue weighted by Crippen LogP contribution is -2.24. The normalized spacial score (nSPS) is 11.0. The minimum atomic E-state index is -0.304. The largest absolute Gasteiger partial charge is 0.483 e. The zero-order valence-electron chi connectivity index (χ0n) is 16.1. The molecule has 1 aromatic heterocycles. The second-order valence-electron chi connectivity index (χ2n) is 6.49. The number of carbonyl (C=O) groups is 1. The number of hydrazone groups is 1. The summed E-state index contributed by atoms with van der Waals surface area (Å²) in [6, 6.07) is 17.7. The Morgan fingerprint density at radius 1 is 1.14 bits per heavy atom. The van der Waals surface area contributed by atoms with E-state index in [0.29, 0.717) is 5.75 Å². The summed E-state index contributed by atoms with van der Waals surface area (Å²) >= 11 is 3.46. The van der Waals surface area contributed by atoms with E-state index in [1.807, 2.05) is 63.2 Å². The molecule has 0 aliphatic carbocycles. The monoisotopic (exact) mass is 439 g/mol. The molecule has 144 valence electrons. The van der Waals surface area contributed by atoms with Crippen LogP contribution in [-0.4, -0.2) is 23.3 Å². The van der Waals surface area contributed by atoms with Crippen LogP contribution in [-0.2, 0) is 4.79 Å². The standard InChI is InChI=1S/C22H22BrN3O2/c1-15-6-4-5-7-21(15)28-14-22(27)25-24-13-18-12-16(2)26(17(18)3)20-10-8-19(23)9-11-20/h4-13H,14H2,1-3H3,(H,25,27)/b24-13+. The molecule has 6 heteroatoms. The van der Waals surface area contributed by atoms with Crippen molar-refractivity contribution in [2.24, 2.45) is 5.10 Å². The highest BCUT2D eigenvalue weighted by Crippen LogP contribution is 2.21. The van der Waals surface area contributed by atoms with Gasteiger partial charge in [0.25, 0.3) is 5.91 Å². The van der Waals surface area contributed by atoms with Gasteiger partial charge in [-0.2, -0.15) is 5.10 Å². The molecular formula is C22H22BrN3O2. The van der Waals surface area contributed by atoms with Crippen molar-refractivity contribution in [1.29, 1.82) is 0 Å². The minimum absolute atomic E-state index is 0.0832. The molecule has 0 atom stereocenters. The summed E-state index contributed by atoms with van der Waals surface area (Å²) in [4.78, 5) is 12.0. The average molecular weight is 440 g/mol. The lowest BCUT2D eigenvalue weighted by molar-refractivity contribution is -0.123. The molecule has 1 amide bonds. The highest BCUT2D eigenvalue weighted by atomic mass is 79.9. The van der Waals surface area contributed by atoms with Crippen LogP contribution in [0.25, 0.3) is 5.69 Å². The zero-order chi connectivity index (χ0) is 20.1. The van der Waals surface area contributed by atoms with Crippen molar-refractivity contribution in [2.45, 2.75) is 20.8 Å².